The highest BCUT2D eigenvalue weighted by Gasteiger charge is 2.10. The fourth-order valence-corrected chi connectivity index (χ4v) is 2.81. The summed E-state index contributed by atoms with van der Waals surface area (Å²) in [5.41, 5.74) is 5.57. The molecular formula is C23H24BrN3. The van der Waals surface area contributed by atoms with E-state index in [0.29, 0.717) is 0 Å². The molecule has 0 spiro atoms. The fraction of sp³-hybridized carbons (Fsp3) is 0.174. The largest absolute Gasteiger partial charge is 0.286 e. The van der Waals surface area contributed by atoms with Crippen LogP contribution in [-0.4, -0.2) is 22.7 Å². The van der Waals surface area contributed by atoms with Crippen molar-refractivity contribution >= 4 is 21.6 Å². The first-order valence-electron chi connectivity index (χ1n) is 9.00. The van der Waals surface area contributed by atoms with E-state index >= 15 is 0 Å². The van der Waals surface area contributed by atoms with Crippen LogP contribution < -0.4 is 0 Å². The van der Waals surface area contributed by atoms with Crippen molar-refractivity contribution < 1.29 is 0 Å². The van der Waals surface area contributed by atoms with Gasteiger partial charge in [0.15, 0.2) is 0 Å². The van der Waals surface area contributed by atoms with Crippen molar-refractivity contribution in [3.63, 3.8) is 0 Å². The van der Waals surface area contributed by atoms with Crippen LogP contribution in [0.3, 0.4) is 0 Å². The Labute approximate surface area is 170 Å². The number of benzene rings is 1. The molecule has 27 heavy (non-hydrogen) atoms. The third-order valence-corrected chi connectivity index (χ3v) is 4.29. The quantitative estimate of drug-likeness (QED) is 0.445. The molecule has 2 aromatic heterocycles. The Morgan fingerprint density at radius 3 is 2.30 bits per heavy atom. The SMILES string of the molecule is C/C=C\C(=NC)c1cc(-c2ccc(Br)cc2)cc(-c2ccccn2)n1.CC. The van der Waals surface area contributed by atoms with Crippen LogP contribution in [0.1, 0.15) is 26.5 Å². The van der Waals surface area contributed by atoms with Crippen LogP contribution in [0, 0.1) is 0 Å². The summed E-state index contributed by atoms with van der Waals surface area (Å²) in [4.78, 5) is 13.6. The number of rotatable bonds is 4. The molecular weight excluding hydrogens is 398 g/mol. The minimum absolute atomic E-state index is 0.835. The molecule has 0 radical (unpaired) electrons. The van der Waals surface area contributed by atoms with Gasteiger partial charge in [0.1, 0.15) is 0 Å². The van der Waals surface area contributed by atoms with Gasteiger partial charge in [-0.05, 0) is 60.5 Å². The van der Waals surface area contributed by atoms with Crippen molar-refractivity contribution in [1.82, 2.24) is 9.97 Å². The van der Waals surface area contributed by atoms with Gasteiger partial charge in [-0.3, -0.25) is 9.98 Å². The van der Waals surface area contributed by atoms with Crippen molar-refractivity contribution in [3.05, 3.63) is 83.1 Å². The predicted molar refractivity (Wildman–Crippen MR) is 119 cm³/mol. The zero-order chi connectivity index (χ0) is 19.6. The topological polar surface area (TPSA) is 38.1 Å². The van der Waals surface area contributed by atoms with E-state index in [-0.39, 0.29) is 0 Å². The van der Waals surface area contributed by atoms with Gasteiger partial charge in [0.2, 0.25) is 0 Å². The number of aliphatic imine (C=N–C) groups is 1. The Morgan fingerprint density at radius 1 is 0.963 bits per heavy atom. The molecule has 3 nitrogen and oxygen atoms in total. The summed E-state index contributed by atoms with van der Waals surface area (Å²) in [5, 5.41) is 0. The van der Waals surface area contributed by atoms with Crippen molar-refractivity contribution in [1.29, 1.82) is 0 Å². The Kier molecular flexibility index (Phi) is 8.08. The Morgan fingerprint density at radius 2 is 1.70 bits per heavy atom. The van der Waals surface area contributed by atoms with Crippen LogP contribution in [0.15, 0.2) is 82.4 Å². The summed E-state index contributed by atoms with van der Waals surface area (Å²) in [6.45, 7) is 5.98. The monoisotopic (exact) mass is 421 g/mol. The Bertz CT molecular complexity index is 914. The lowest BCUT2D eigenvalue weighted by Gasteiger charge is -2.09. The summed E-state index contributed by atoms with van der Waals surface area (Å²) in [6.07, 6.45) is 5.72. The summed E-state index contributed by atoms with van der Waals surface area (Å²) in [7, 11) is 1.78. The lowest BCUT2D eigenvalue weighted by Crippen LogP contribution is -2.03. The summed E-state index contributed by atoms with van der Waals surface area (Å²) in [5.74, 6) is 0. The fourth-order valence-electron chi connectivity index (χ4n) is 2.55. The number of aromatic nitrogens is 2. The molecule has 0 N–H and O–H groups in total. The number of nitrogens with zero attached hydrogens (tertiary/aromatic N) is 3. The minimum atomic E-state index is 0.835. The Hall–Kier alpha value is -2.59. The summed E-state index contributed by atoms with van der Waals surface area (Å²) in [6, 6.07) is 18.2. The zero-order valence-electron chi connectivity index (χ0n) is 16.1. The number of hydrogen-bond acceptors (Lipinski definition) is 3. The molecule has 0 unspecified atom stereocenters. The number of hydrogen-bond donors (Lipinski definition) is 0. The number of pyridine rings is 2. The highest BCUT2D eigenvalue weighted by Crippen LogP contribution is 2.26. The first kappa shape index (κ1) is 20.7. The molecule has 3 aromatic rings. The molecule has 0 aliphatic rings. The first-order valence-corrected chi connectivity index (χ1v) is 9.80. The predicted octanol–water partition coefficient (Wildman–Crippen LogP) is 6.59. The van der Waals surface area contributed by atoms with E-state index in [4.69, 9.17) is 4.98 Å². The maximum absolute atomic E-state index is 4.78. The van der Waals surface area contributed by atoms with Gasteiger partial charge >= 0.3 is 0 Å². The average molecular weight is 422 g/mol. The molecule has 0 fully saturated rings. The molecule has 138 valence electrons. The molecule has 0 amide bonds. The molecule has 0 aliphatic carbocycles. The molecule has 4 heteroatoms. The van der Waals surface area contributed by atoms with Crippen molar-refractivity contribution in [2.75, 3.05) is 7.05 Å². The molecule has 0 saturated carbocycles. The smallest absolute Gasteiger partial charge is 0.0900 e. The maximum Gasteiger partial charge on any atom is 0.0900 e. The van der Waals surface area contributed by atoms with Gasteiger partial charge in [0, 0.05) is 17.7 Å². The van der Waals surface area contributed by atoms with Gasteiger partial charge in [-0.1, -0.05) is 54.1 Å². The third kappa shape index (κ3) is 5.44. The van der Waals surface area contributed by atoms with Crippen LogP contribution in [0.4, 0.5) is 0 Å². The third-order valence-electron chi connectivity index (χ3n) is 3.76. The minimum Gasteiger partial charge on any atom is -0.286 e. The van der Waals surface area contributed by atoms with E-state index in [1.807, 2.05) is 63.3 Å². The molecule has 0 saturated heterocycles. The lowest BCUT2D eigenvalue weighted by molar-refractivity contribution is 1.23. The molecule has 0 atom stereocenters. The van der Waals surface area contributed by atoms with E-state index in [1.165, 1.54) is 0 Å². The standard InChI is InChI=1S/C21H18BrN3.C2H6/c1-3-6-18(23-2)20-13-16(15-8-10-17(22)11-9-15)14-21(25-20)19-7-4-5-12-24-19;1-2/h3-14H,1-2H3;1-2H3/b6-3-,23-18?;. The van der Waals surface area contributed by atoms with E-state index in [9.17, 15) is 0 Å². The van der Waals surface area contributed by atoms with Gasteiger partial charge in [0.05, 0.1) is 22.8 Å². The number of halogens is 1. The maximum atomic E-state index is 4.78. The Balaban J connectivity index is 0.00000126. The van der Waals surface area contributed by atoms with Gasteiger partial charge in [-0.15, -0.1) is 0 Å². The summed E-state index contributed by atoms with van der Waals surface area (Å²) >= 11 is 3.49. The molecule has 3 rings (SSSR count). The van der Waals surface area contributed by atoms with Crippen molar-refractivity contribution in [3.8, 4) is 22.5 Å². The zero-order valence-corrected chi connectivity index (χ0v) is 17.7. The molecule has 2 heterocycles. The first-order chi connectivity index (χ1) is 13.2. The van der Waals surface area contributed by atoms with Crippen LogP contribution >= 0.6 is 15.9 Å². The lowest BCUT2D eigenvalue weighted by atomic mass is 10.0. The molecule has 0 bridgehead atoms. The van der Waals surface area contributed by atoms with Gasteiger partial charge in [0.25, 0.3) is 0 Å². The highest BCUT2D eigenvalue weighted by atomic mass is 79.9. The molecule has 1 aromatic carbocycles. The van der Waals surface area contributed by atoms with E-state index in [2.05, 4.69) is 50.2 Å². The van der Waals surface area contributed by atoms with Gasteiger partial charge in [-0.25, -0.2) is 4.98 Å². The average Bonchev–Trinajstić information content (AvgIpc) is 2.74. The van der Waals surface area contributed by atoms with Crippen LogP contribution in [0.5, 0.6) is 0 Å². The van der Waals surface area contributed by atoms with Gasteiger partial charge < -0.3 is 0 Å². The van der Waals surface area contributed by atoms with E-state index < -0.39 is 0 Å². The van der Waals surface area contributed by atoms with Crippen LogP contribution in [0.2, 0.25) is 0 Å². The van der Waals surface area contributed by atoms with Crippen molar-refractivity contribution in [2.24, 2.45) is 4.99 Å². The second-order valence-corrected chi connectivity index (χ2v) is 6.37. The highest BCUT2D eigenvalue weighted by molar-refractivity contribution is 9.10. The second kappa shape index (κ2) is 10.5. The van der Waals surface area contributed by atoms with Crippen molar-refractivity contribution in [2.45, 2.75) is 20.8 Å². The molecule has 0 aliphatic heterocycles. The van der Waals surface area contributed by atoms with Crippen LogP contribution in [-0.2, 0) is 0 Å². The van der Waals surface area contributed by atoms with E-state index in [0.717, 1.165) is 38.4 Å². The van der Waals surface area contributed by atoms with Crippen LogP contribution in [0.25, 0.3) is 22.5 Å². The second-order valence-electron chi connectivity index (χ2n) is 5.46. The van der Waals surface area contributed by atoms with E-state index in [1.54, 1.807) is 13.2 Å². The normalized spacial score (nSPS) is 11.2. The number of allylic oxidation sites excluding steroid dienone is 2. The summed E-state index contributed by atoms with van der Waals surface area (Å²) < 4.78 is 1.06. The van der Waals surface area contributed by atoms with Gasteiger partial charge in [-0.2, -0.15) is 0 Å².